The number of aryl methyl sites for hydroxylation is 1. The van der Waals surface area contributed by atoms with Crippen molar-refractivity contribution < 1.29 is 9.53 Å². The highest BCUT2D eigenvalue weighted by molar-refractivity contribution is 5.94. The third-order valence-electron chi connectivity index (χ3n) is 4.07. The Kier molecular flexibility index (Phi) is 4.97. The molecule has 1 aliphatic rings. The minimum absolute atomic E-state index is 0.147. The molecule has 0 bridgehead atoms. The van der Waals surface area contributed by atoms with Gasteiger partial charge in [-0.2, -0.15) is 5.10 Å². The Balaban J connectivity index is 1.87. The van der Waals surface area contributed by atoms with Crippen LogP contribution >= 0.6 is 0 Å². The van der Waals surface area contributed by atoms with Gasteiger partial charge in [0, 0.05) is 19.2 Å². The maximum atomic E-state index is 12.5. The Morgan fingerprint density at radius 1 is 1.38 bits per heavy atom. The first-order valence-corrected chi connectivity index (χ1v) is 8.35. The van der Waals surface area contributed by atoms with E-state index in [-0.39, 0.29) is 11.8 Å². The first-order chi connectivity index (χ1) is 11.5. The summed E-state index contributed by atoms with van der Waals surface area (Å²) in [5, 5.41) is 10.8. The van der Waals surface area contributed by atoms with Crippen LogP contribution in [0, 0.1) is 6.92 Å². The Hall–Kier alpha value is -2.18. The molecule has 0 spiro atoms. The molecule has 2 heterocycles. The van der Waals surface area contributed by atoms with Crippen molar-refractivity contribution in [2.24, 2.45) is 0 Å². The van der Waals surface area contributed by atoms with Gasteiger partial charge >= 0.3 is 0 Å². The van der Waals surface area contributed by atoms with E-state index in [1.165, 1.54) is 5.56 Å². The van der Waals surface area contributed by atoms with Gasteiger partial charge in [0.25, 0.3) is 5.91 Å². The lowest BCUT2D eigenvalue weighted by molar-refractivity contribution is -0.128. The maximum absolute atomic E-state index is 12.5. The molecule has 2 aromatic rings. The first-order valence-electron chi connectivity index (χ1n) is 8.35. The molecule has 0 radical (unpaired) electrons. The van der Waals surface area contributed by atoms with Crippen molar-refractivity contribution in [3.05, 3.63) is 41.6 Å². The molecule has 1 fully saturated rings. The van der Waals surface area contributed by atoms with Gasteiger partial charge in [-0.3, -0.25) is 4.79 Å². The summed E-state index contributed by atoms with van der Waals surface area (Å²) < 4.78 is 7.30. The van der Waals surface area contributed by atoms with Crippen LogP contribution in [0.15, 0.2) is 30.3 Å². The quantitative estimate of drug-likeness (QED) is 0.903. The van der Waals surface area contributed by atoms with Crippen LogP contribution in [0.1, 0.15) is 31.0 Å². The average molecular weight is 328 g/mol. The van der Waals surface area contributed by atoms with E-state index in [1.54, 1.807) is 4.68 Å². The largest absolute Gasteiger partial charge is 0.366 e. The van der Waals surface area contributed by atoms with Crippen LogP contribution in [-0.4, -0.2) is 41.5 Å². The zero-order chi connectivity index (χ0) is 17.1. The van der Waals surface area contributed by atoms with Crippen molar-refractivity contribution in [2.45, 2.75) is 32.8 Å². The number of morpholine rings is 1. The van der Waals surface area contributed by atoms with Crippen LogP contribution < -0.4 is 10.6 Å². The lowest BCUT2D eigenvalue weighted by Gasteiger charge is -2.22. The summed E-state index contributed by atoms with van der Waals surface area (Å²) in [5.41, 5.74) is 3.04. The highest BCUT2D eigenvalue weighted by Crippen LogP contribution is 2.22. The number of anilines is 1. The number of nitrogens with zero attached hydrogens (tertiary/aromatic N) is 2. The molecule has 1 aromatic heterocycles. The third kappa shape index (κ3) is 3.66. The molecule has 128 valence electrons. The summed E-state index contributed by atoms with van der Waals surface area (Å²) >= 11 is 0. The van der Waals surface area contributed by atoms with Gasteiger partial charge in [-0.25, -0.2) is 4.68 Å². The minimum Gasteiger partial charge on any atom is -0.366 e. The number of carbonyl (C=O) groups excluding carboxylic acids is 1. The molecule has 1 aliphatic heterocycles. The SMILES string of the molecule is Cc1ccc(-n2nc(C(C)C)cc2NC(=O)C2CNCCO2)cc1. The van der Waals surface area contributed by atoms with Gasteiger partial charge in [0.05, 0.1) is 18.0 Å². The average Bonchev–Trinajstić information content (AvgIpc) is 3.00. The number of amides is 1. The molecule has 0 aliphatic carbocycles. The van der Waals surface area contributed by atoms with Gasteiger partial charge in [0.2, 0.25) is 0 Å². The molecule has 6 nitrogen and oxygen atoms in total. The summed E-state index contributed by atoms with van der Waals surface area (Å²) in [4.78, 5) is 12.5. The Morgan fingerprint density at radius 2 is 2.12 bits per heavy atom. The summed E-state index contributed by atoms with van der Waals surface area (Å²) in [7, 11) is 0. The molecule has 1 atom stereocenters. The number of nitrogens with one attached hydrogen (secondary N) is 2. The molecule has 0 saturated carbocycles. The number of rotatable bonds is 4. The van der Waals surface area contributed by atoms with E-state index < -0.39 is 6.10 Å². The second kappa shape index (κ2) is 7.15. The number of carbonyl (C=O) groups is 1. The number of aromatic nitrogens is 2. The van der Waals surface area contributed by atoms with E-state index in [1.807, 2.05) is 37.3 Å². The molecule has 2 N–H and O–H groups in total. The highest BCUT2D eigenvalue weighted by Gasteiger charge is 2.23. The zero-order valence-electron chi connectivity index (χ0n) is 14.4. The number of hydrogen-bond acceptors (Lipinski definition) is 4. The molecular formula is C18H24N4O2. The van der Waals surface area contributed by atoms with Crippen molar-refractivity contribution in [3.8, 4) is 5.69 Å². The van der Waals surface area contributed by atoms with Crippen LogP contribution in [0.5, 0.6) is 0 Å². The summed E-state index contributed by atoms with van der Waals surface area (Å²) in [6.07, 6.45) is -0.470. The van der Waals surface area contributed by atoms with Gasteiger partial charge in [-0.15, -0.1) is 0 Å². The molecule has 1 amide bonds. The number of ether oxygens (including phenoxy) is 1. The fourth-order valence-corrected chi connectivity index (χ4v) is 2.59. The Bertz CT molecular complexity index is 700. The van der Waals surface area contributed by atoms with Gasteiger partial charge in [0.15, 0.2) is 0 Å². The van der Waals surface area contributed by atoms with Crippen LogP contribution in [-0.2, 0) is 9.53 Å². The summed E-state index contributed by atoms with van der Waals surface area (Å²) in [6.45, 7) is 8.07. The smallest absolute Gasteiger partial charge is 0.255 e. The Morgan fingerprint density at radius 3 is 2.75 bits per heavy atom. The predicted octanol–water partition coefficient (Wildman–Crippen LogP) is 2.23. The molecule has 6 heteroatoms. The van der Waals surface area contributed by atoms with Crippen molar-refractivity contribution in [1.82, 2.24) is 15.1 Å². The lowest BCUT2D eigenvalue weighted by atomic mass is 10.1. The topological polar surface area (TPSA) is 68.2 Å². The maximum Gasteiger partial charge on any atom is 0.255 e. The van der Waals surface area contributed by atoms with E-state index in [0.29, 0.717) is 19.0 Å². The second-order valence-corrected chi connectivity index (χ2v) is 6.41. The van der Waals surface area contributed by atoms with E-state index in [9.17, 15) is 4.79 Å². The zero-order valence-corrected chi connectivity index (χ0v) is 14.4. The molecular weight excluding hydrogens is 304 g/mol. The molecule has 1 aromatic carbocycles. The van der Waals surface area contributed by atoms with Gasteiger partial charge < -0.3 is 15.4 Å². The van der Waals surface area contributed by atoms with E-state index in [4.69, 9.17) is 4.74 Å². The van der Waals surface area contributed by atoms with Crippen LogP contribution in [0.25, 0.3) is 5.69 Å². The van der Waals surface area contributed by atoms with Crippen LogP contribution in [0.4, 0.5) is 5.82 Å². The van der Waals surface area contributed by atoms with Crippen LogP contribution in [0.2, 0.25) is 0 Å². The predicted molar refractivity (Wildman–Crippen MR) is 93.6 cm³/mol. The van der Waals surface area contributed by atoms with Gasteiger partial charge in [-0.1, -0.05) is 31.5 Å². The number of benzene rings is 1. The third-order valence-corrected chi connectivity index (χ3v) is 4.07. The van der Waals surface area contributed by atoms with Gasteiger partial charge in [0.1, 0.15) is 11.9 Å². The lowest BCUT2D eigenvalue weighted by Crippen LogP contribution is -2.45. The van der Waals surface area contributed by atoms with Crippen LogP contribution in [0.3, 0.4) is 0 Å². The van der Waals surface area contributed by atoms with Crippen molar-refractivity contribution >= 4 is 11.7 Å². The summed E-state index contributed by atoms with van der Waals surface area (Å²) in [5.74, 6) is 0.799. The first kappa shape index (κ1) is 16.7. The normalized spacial score (nSPS) is 17.9. The molecule has 3 rings (SSSR count). The van der Waals surface area contributed by atoms with E-state index >= 15 is 0 Å². The van der Waals surface area contributed by atoms with Crippen molar-refractivity contribution in [2.75, 3.05) is 25.0 Å². The minimum atomic E-state index is -0.470. The monoisotopic (exact) mass is 328 g/mol. The Labute approximate surface area is 142 Å². The molecule has 1 unspecified atom stereocenters. The molecule has 24 heavy (non-hydrogen) atoms. The fraction of sp³-hybridized carbons (Fsp3) is 0.444. The standard InChI is InChI=1S/C18H24N4O2/c1-12(2)15-10-17(20-18(23)16-11-19-8-9-24-16)22(21-15)14-6-4-13(3)5-7-14/h4-7,10,12,16,19H,8-9,11H2,1-3H3,(H,20,23). The number of hydrogen-bond donors (Lipinski definition) is 2. The highest BCUT2D eigenvalue weighted by atomic mass is 16.5. The van der Waals surface area contributed by atoms with E-state index in [2.05, 4.69) is 29.6 Å². The second-order valence-electron chi connectivity index (χ2n) is 6.41. The molecule has 1 saturated heterocycles. The van der Waals surface area contributed by atoms with Gasteiger partial charge in [-0.05, 0) is 25.0 Å². The van der Waals surface area contributed by atoms with Crippen molar-refractivity contribution in [3.63, 3.8) is 0 Å². The van der Waals surface area contributed by atoms with Crippen molar-refractivity contribution in [1.29, 1.82) is 0 Å². The summed E-state index contributed by atoms with van der Waals surface area (Å²) in [6, 6.07) is 10.00. The fourth-order valence-electron chi connectivity index (χ4n) is 2.59. The van der Waals surface area contributed by atoms with E-state index in [0.717, 1.165) is 17.9 Å².